The number of amides is 1. The van der Waals surface area contributed by atoms with Crippen LogP contribution >= 0.6 is 11.3 Å². The van der Waals surface area contributed by atoms with Crippen LogP contribution < -0.4 is 10.6 Å². The largest absolute Gasteiger partial charge is 0.351 e. The predicted octanol–water partition coefficient (Wildman–Crippen LogP) is 3.01. The van der Waals surface area contributed by atoms with E-state index >= 15 is 0 Å². The SMILES string of the molecule is O=C(NC1CC1)C1(Nc2nccs2)CCN(Cc2cccc(F)c2)CC1. The van der Waals surface area contributed by atoms with Gasteiger partial charge in [-0.3, -0.25) is 9.69 Å². The van der Waals surface area contributed by atoms with Crippen molar-refractivity contribution in [2.24, 2.45) is 0 Å². The highest BCUT2D eigenvalue weighted by Crippen LogP contribution is 2.31. The first-order chi connectivity index (χ1) is 12.6. The molecule has 138 valence electrons. The van der Waals surface area contributed by atoms with E-state index in [0.717, 1.165) is 36.6 Å². The summed E-state index contributed by atoms with van der Waals surface area (Å²) in [5, 5.41) is 9.26. The summed E-state index contributed by atoms with van der Waals surface area (Å²) in [6, 6.07) is 7.06. The van der Waals surface area contributed by atoms with Gasteiger partial charge in [-0.2, -0.15) is 0 Å². The van der Waals surface area contributed by atoms with Gasteiger partial charge in [0.1, 0.15) is 11.4 Å². The maximum Gasteiger partial charge on any atom is 0.246 e. The summed E-state index contributed by atoms with van der Waals surface area (Å²) in [5.41, 5.74) is 0.353. The van der Waals surface area contributed by atoms with Gasteiger partial charge >= 0.3 is 0 Å². The van der Waals surface area contributed by atoms with Crippen LogP contribution in [0.15, 0.2) is 35.8 Å². The monoisotopic (exact) mass is 374 g/mol. The average molecular weight is 374 g/mol. The molecule has 0 unspecified atom stereocenters. The number of piperidine rings is 1. The van der Waals surface area contributed by atoms with Crippen molar-refractivity contribution in [2.45, 2.75) is 43.8 Å². The first-order valence-corrected chi connectivity index (χ1v) is 9.96. The van der Waals surface area contributed by atoms with Crippen LogP contribution in [0.2, 0.25) is 0 Å². The number of rotatable bonds is 6. The lowest BCUT2D eigenvalue weighted by atomic mass is 9.86. The van der Waals surface area contributed by atoms with Gasteiger partial charge in [0.2, 0.25) is 5.91 Å². The minimum Gasteiger partial charge on any atom is -0.351 e. The number of likely N-dealkylation sites (tertiary alicyclic amines) is 1. The number of benzene rings is 1. The Kier molecular flexibility index (Phi) is 4.91. The second kappa shape index (κ2) is 7.32. The molecule has 2 aromatic rings. The average Bonchev–Trinajstić information content (AvgIpc) is 3.30. The molecular formula is C19H23FN4OS. The molecule has 2 fully saturated rings. The lowest BCUT2D eigenvalue weighted by molar-refractivity contribution is -0.127. The summed E-state index contributed by atoms with van der Waals surface area (Å²) < 4.78 is 13.4. The molecule has 26 heavy (non-hydrogen) atoms. The molecule has 2 heterocycles. The zero-order valence-corrected chi connectivity index (χ0v) is 15.4. The van der Waals surface area contributed by atoms with Crippen molar-refractivity contribution in [3.8, 4) is 0 Å². The van der Waals surface area contributed by atoms with E-state index in [-0.39, 0.29) is 11.7 Å². The van der Waals surface area contributed by atoms with Crippen molar-refractivity contribution >= 4 is 22.4 Å². The molecule has 0 atom stereocenters. The predicted molar refractivity (Wildman–Crippen MR) is 101 cm³/mol. The van der Waals surface area contributed by atoms with Crippen LogP contribution in [0.25, 0.3) is 0 Å². The standard InChI is InChI=1S/C19H23FN4OS/c20-15-3-1-2-14(12-15)13-24-9-6-19(7-10-24,17(25)22-16-4-5-16)23-18-21-8-11-26-18/h1-3,8,11-12,16H,4-7,9-10,13H2,(H,21,23)(H,22,25). The number of aromatic nitrogens is 1. The lowest BCUT2D eigenvalue weighted by Crippen LogP contribution is -2.58. The van der Waals surface area contributed by atoms with E-state index < -0.39 is 5.54 Å². The Bertz CT molecular complexity index is 755. The third-order valence-corrected chi connectivity index (χ3v) is 5.82. The number of carbonyl (C=O) groups is 1. The van der Waals surface area contributed by atoms with Crippen molar-refractivity contribution in [1.29, 1.82) is 0 Å². The van der Waals surface area contributed by atoms with Gasteiger partial charge in [-0.25, -0.2) is 9.37 Å². The molecule has 2 aliphatic rings. The molecule has 4 rings (SSSR count). The Morgan fingerprint density at radius 2 is 2.15 bits per heavy atom. The van der Waals surface area contributed by atoms with Crippen LogP contribution in [0.4, 0.5) is 9.52 Å². The fourth-order valence-electron chi connectivity index (χ4n) is 3.44. The van der Waals surface area contributed by atoms with E-state index in [4.69, 9.17) is 0 Å². The molecule has 7 heteroatoms. The minimum atomic E-state index is -0.612. The van der Waals surface area contributed by atoms with Gasteiger partial charge in [0, 0.05) is 37.3 Å². The number of hydrogen-bond donors (Lipinski definition) is 2. The lowest BCUT2D eigenvalue weighted by Gasteiger charge is -2.41. The smallest absolute Gasteiger partial charge is 0.246 e. The van der Waals surface area contributed by atoms with Gasteiger partial charge in [-0.15, -0.1) is 11.3 Å². The zero-order valence-electron chi connectivity index (χ0n) is 14.6. The number of anilines is 1. The zero-order chi connectivity index (χ0) is 18.0. The molecule has 5 nitrogen and oxygen atoms in total. The molecule has 1 aliphatic carbocycles. The minimum absolute atomic E-state index is 0.0839. The van der Waals surface area contributed by atoms with Crippen LogP contribution in [0.1, 0.15) is 31.2 Å². The van der Waals surface area contributed by atoms with Crippen molar-refractivity contribution in [2.75, 3.05) is 18.4 Å². The highest BCUT2D eigenvalue weighted by molar-refractivity contribution is 7.13. The van der Waals surface area contributed by atoms with E-state index in [9.17, 15) is 9.18 Å². The summed E-state index contributed by atoms with van der Waals surface area (Å²) in [7, 11) is 0. The van der Waals surface area contributed by atoms with Crippen molar-refractivity contribution in [1.82, 2.24) is 15.2 Å². The first-order valence-electron chi connectivity index (χ1n) is 9.08. The number of halogens is 1. The fourth-order valence-corrected chi connectivity index (χ4v) is 4.06. The Morgan fingerprint density at radius 1 is 1.35 bits per heavy atom. The molecule has 0 bridgehead atoms. The van der Waals surface area contributed by atoms with E-state index in [0.29, 0.717) is 25.4 Å². The van der Waals surface area contributed by atoms with Gasteiger partial charge in [-0.05, 0) is 43.4 Å². The Morgan fingerprint density at radius 3 is 2.81 bits per heavy atom. The molecule has 0 spiro atoms. The molecule has 1 aromatic heterocycles. The number of nitrogens with zero attached hydrogens (tertiary/aromatic N) is 2. The molecule has 1 amide bonds. The first kappa shape index (κ1) is 17.4. The van der Waals surface area contributed by atoms with Crippen molar-refractivity contribution in [3.63, 3.8) is 0 Å². The molecule has 2 N–H and O–H groups in total. The van der Waals surface area contributed by atoms with E-state index in [1.54, 1.807) is 18.3 Å². The topological polar surface area (TPSA) is 57.3 Å². The quantitative estimate of drug-likeness (QED) is 0.816. The van der Waals surface area contributed by atoms with Gasteiger partial charge in [0.25, 0.3) is 0 Å². The van der Waals surface area contributed by atoms with Crippen LogP contribution in [0.3, 0.4) is 0 Å². The molecule has 1 saturated heterocycles. The third kappa shape index (κ3) is 4.04. The molecule has 1 aromatic carbocycles. The number of thiazole rings is 1. The molecule has 0 radical (unpaired) electrons. The van der Waals surface area contributed by atoms with Crippen LogP contribution in [0.5, 0.6) is 0 Å². The van der Waals surface area contributed by atoms with Crippen LogP contribution in [-0.2, 0) is 11.3 Å². The Balaban J connectivity index is 1.43. The highest BCUT2D eigenvalue weighted by Gasteiger charge is 2.43. The summed E-state index contributed by atoms with van der Waals surface area (Å²) in [4.78, 5) is 19.5. The molecular weight excluding hydrogens is 351 g/mol. The van der Waals surface area contributed by atoms with Gasteiger partial charge < -0.3 is 10.6 Å². The number of carbonyl (C=O) groups excluding carboxylic acids is 1. The van der Waals surface area contributed by atoms with E-state index in [2.05, 4.69) is 20.5 Å². The van der Waals surface area contributed by atoms with Crippen molar-refractivity contribution < 1.29 is 9.18 Å². The normalized spacial score (nSPS) is 19.9. The highest BCUT2D eigenvalue weighted by atomic mass is 32.1. The van der Waals surface area contributed by atoms with Gasteiger partial charge in [-0.1, -0.05) is 12.1 Å². The maximum atomic E-state index is 13.4. The summed E-state index contributed by atoms with van der Waals surface area (Å²) in [5.74, 6) is -0.122. The van der Waals surface area contributed by atoms with Gasteiger partial charge in [0.05, 0.1) is 0 Å². The van der Waals surface area contributed by atoms with Crippen molar-refractivity contribution in [3.05, 3.63) is 47.2 Å². The molecule has 1 saturated carbocycles. The van der Waals surface area contributed by atoms with E-state index in [1.807, 2.05) is 11.4 Å². The molecule has 1 aliphatic heterocycles. The van der Waals surface area contributed by atoms with E-state index in [1.165, 1.54) is 17.4 Å². The summed E-state index contributed by atoms with van der Waals surface area (Å²) in [6.07, 6.45) is 5.31. The fraction of sp³-hybridized carbons (Fsp3) is 0.474. The second-order valence-electron chi connectivity index (χ2n) is 7.20. The maximum absolute atomic E-state index is 13.4. The number of hydrogen-bond acceptors (Lipinski definition) is 5. The van der Waals surface area contributed by atoms with Crippen LogP contribution in [0, 0.1) is 5.82 Å². The Hall–Kier alpha value is -1.99. The van der Waals surface area contributed by atoms with Gasteiger partial charge in [0.15, 0.2) is 5.13 Å². The summed E-state index contributed by atoms with van der Waals surface area (Å²) in [6.45, 7) is 2.27. The van der Waals surface area contributed by atoms with Crippen LogP contribution in [-0.4, -0.2) is 40.5 Å². The number of nitrogens with one attached hydrogen (secondary N) is 2. The second-order valence-corrected chi connectivity index (χ2v) is 8.09. The third-order valence-electron chi connectivity index (χ3n) is 5.13. The Labute approximate surface area is 156 Å². The summed E-state index contributed by atoms with van der Waals surface area (Å²) >= 11 is 1.51.